The normalized spacial score (nSPS) is 16.7. The van der Waals surface area contributed by atoms with E-state index < -0.39 is 17.7 Å². The van der Waals surface area contributed by atoms with Gasteiger partial charge in [-0.05, 0) is 37.3 Å². The number of halogens is 3. The van der Waals surface area contributed by atoms with Gasteiger partial charge < -0.3 is 15.0 Å². The summed E-state index contributed by atoms with van der Waals surface area (Å²) in [6.45, 7) is 4.72. The minimum Gasteiger partial charge on any atom is -0.387 e. The van der Waals surface area contributed by atoms with Crippen LogP contribution in [0.15, 0.2) is 36.4 Å². The average Bonchev–Trinajstić information content (AvgIpc) is 2.97. The van der Waals surface area contributed by atoms with Crippen LogP contribution in [0.2, 0.25) is 0 Å². The average molecular weight is 389 g/mol. The molecule has 0 amide bonds. The fourth-order valence-electron chi connectivity index (χ4n) is 3.99. The van der Waals surface area contributed by atoms with Gasteiger partial charge in [0.15, 0.2) is 0 Å². The third-order valence-corrected chi connectivity index (χ3v) is 5.39. The Morgan fingerprint density at radius 1 is 1.00 bits per heavy atom. The maximum atomic E-state index is 14.0. The highest BCUT2D eigenvalue weighted by molar-refractivity contribution is 5.85. The van der Waals surface area contributed by atoms with E-state index in [1.807, 2.05) is 11.8 Å². The molecular formula is C21H22F3N3O. The lowest BCUT2D eigenvalue weighted by Crippen LogP contribution is -2.47. The number of aromatic amines is 1. The van der Waals surface area contributed by atoms with Crippen LogP contribution in [0.3, 0.4) is 0 Å². The molecule has 0 radical (unpaired) electrons. The molecule has 1 fully saturated rings. The topological polar surface area (TPSA) is 42.5 Å². The number of aromatic nitrogens is 1. The molecule has 0 unspecified atom stereocenters. The van der Waals surface area contributed by atoms with E-state index >= 15 is 0 Å². The lowest BCUT2D eigenvalue weighted by molar-refractivity contribution is 0.110. The summed E-state index contributed by atoms with van der Waals surface area (Å²) in [6, 6.07) is 8.11. The summed E-state index contributed by atoms with van der Waals surface area (Å²) in [5.41, 5.74) is 2.72. The van der Waals surface area contributed by atoms with Gasteiger partial charge in [0.1, 0.15) is 17.5 Å². The van der Waals surface area contributed by atoms with Crippen LogP contribution in [-0.2, 0) is 0 Å². The van der Waals surface area contributed by atoms with Crippen molar-refractivity contribution in [2.24, 2.45) is 0 Å². The van der Waals surface area contributed by atoms with Gasteiger partial charge >= 0.3 is 0 Å². The number of fused-ring (bicyclic) bond motifs is 1. The lowest BCUT2D eigenvalue weighted by Gasteiger charge is -2.37. The van der Waals surface area contributed by atoms with Crippen molar-refractivity contribution >= 4 is 16.6 Å². The molecule has 1 aliphatic rings. The third kappa shape index (κ3) is 3.59. The molecule has 4 rings (SSSR count). The maximum absolute atomic E-state index is 14.0. The standard InChI is InChI=1S/C21H22F3N3O/c1-13-21(16-10-14(22)2-4-18(16)25-13)20(28)12-26-6-8-27(9-7-26)19-5-3-15(23)11-17(19)24/h2-5,10-11,20,25,28H,6-9,12H2,1H3/t20-/m1/s1. The Hall–Kier alpha value is -2.51. The van der Waals surface area contributed by atoms with Crippen molar-refractivity contribution < 1.29 is 18.3 Å². The van der Waals surface area contributed by atoms with Crippen LogP contribution in [0.1, 0.15) is 17.4 Å². The molecule has 0 spiro atoms. The van der Waals surface area contributed by atoms with Crippen LogP contribution in [0.25, 0.3) is 10.9 Å². The number of hydrogen-bond acceptors (Lipinski definition) is 3. The second kappa shape index (κ2) is 7.48. The fourth-order valence-corrected chi connectivity index (χ4v) is 3.99. The molecule has 2 aromatic carbocycles. The van der Waals surface area contributed by atoms with E-state index in [1.165, 1.54) is 24.3 Å². The zero-order valence-corrected chi connectivity index (χ0v) is 15.6. The van der Waals surface area contributed by atoms with Gasteiger partial charge in [0.2, 0.25) is 0 Å². The van der Waals surface area contributed by atoms with E-state index in [9.17, 15) is 18.3 Å². The molecule has 4 nitrogen and oxygen atoms in total. The number of aliphatic hydroxyl groups excluding tert-OH is 1. The summed E-state index contributed by atoms with van der Waals surface area (Å²) in [5, 5.41) is 11.5. The number of nitrogens with zero attached hydrogens (tertiary/aromatic N) is 2. The van der Waals surface area contributed by atoms with Crippen molar-refractivity contribution in [3.8, 4) is 0 Å². The number of piperazine rings is 1. The number of hydrogen-bond donors (Lipinski definition) is 2. The van der Waals surface area contributed by atoms with E-state index in [1.54, 1.807) is 6.07 Å². The SMILES string of the molecule is Cc1[nH]c2ccc(F)cc2c1[C@H](O)CN1CCN(c2ccc(F)cc2F)CC1. The van der Waals surface area contributed by atoms with Crippen molar-refractivity contribution in [1.82, 2.24) is 9.88 Å². The van der Waals surface area contributed by atoms with Gasteiger partial charge in [0.05, 0.1) is 11.8 Å². The quantitative estimate of drug-likeness (QED) is 0.714. The number of nitrogens with one attached hydrogen (secondary N) is 1. The molecule has 7 heteroatoms. The van der Waals surface area contributed by atoms with Crippen molar-refractivity contribution in [3.63, 3.8) is 0 Å². The summed E-state index contributed by atoms with van der Waals surface area (Å²) in [6.07, 6.45) is -0.760. The molecule has 28 heavy (non-hydrogen) atoms. The number of aliphatic hydroxyl groups is 1. The molecule has 0 aliphatic carbocycles. The molecule has 1 saturated heterocycles. The molecule has 2 heterocycles. The first kappa shape index (κ1) is 18.8. The van der Waals surface area contributed by atoms with E-state index in [4.69, 9.17) is 0 Å². The molecule has 0 bridgehead atoms. The Labute approximate surface area is 161 Å². The fraction of sp³-hybridized carbons (Fsp3) is 0.333. The summed E-state index contributed by atoms with van der Waals surface area (Å²) in [5.74, 6) is -1.49. The minimum atomic E-state index is -0.760. The minimum absolute atomic E-state index is 0.338. The van der Waals surface area contributed by atoms with Crippen LogP contribution in [0.5, 0.6) is 0 Å². The number of β-amino-alcohol motifs (C(OH)–C–C–N with tert-alkyl or cyclic N) is 1. The highest BCUT2D eigenvalue weighted by Crippen LogP contribution is 2.29. The molecule has 148 valence electrons. The molecule has 3 aromatic rings. The summed E-state index contributed by atoms with van der Waals surface area (Å²) < 4.78 is 40.7. The van der Waals surface area contributed by atoms with Crippen molar-refractivity contribution in [2.45, 2.75) is 13.0 Å². The zero-order chi connectivity index (χ0) is 19.8. The number of rotatable bonds is 4. The maximum Gasteiger partial charge on any atom is 0.149 e. The largest absolute Gasteiger partial charge is 0.387 e. The van der Waals surface area contributed by atoms with Gasteiger partial charge in [0.25, 0.3) is 0 Å². The molecule has 2 N–H and O–H groups in total. The molecular weight excluding hydrogens is 367 g/mol. The van der Waals surface area contributed by atoms with Crippen molar-refractivity contribution in [2.75, 3.05) is 37.6 Å². The van der Waals surface area contributed by atoms with Crippen molar-refractivity contribution in [1.29, 1.82) is 0 Å². The number of benzene rings is 2. The van der Waals surface area contributed by atoms with Gasteiger partial charge in [-0.25, -0.2) is 13.2 Å². The number of anilines is 1. The smallest absolute Gasteiger partial charge is 0.149 e. The zero-order valence-electron chi connectivity index (χ0n) is 15.6. The highest BCUT2D eigenvalue weighted by atomic mass is 19.1. The monoisotopic (exact) mass is 389 g/mol. The van der Waals surface area contributed by atoms with Gasteiger partial charge in [-0.15, -0.1) is 0 Å². The van der Waals surface area contributed by atoms with Crippen LogP contribution in [0.4, 0.5) is 18.9 Å². The van der Waals surface area contributed by atoms with Crippen molar-refractivity contribution in [3.05, 3.63) is 65.1 Å². The summed E-state index contributed by atoms with van der Waals surface area (Å²) in [4.78, 5) is 7.16. The van der Waals surface area contributed by atoms with E-state index in [0.717, 1.165) is 17.3 Å². The molecule has 0 saturated carbocycles. The van der Waals surface area contributed by atoms with Gasteiger partial charge in [-0.1, -0.05) is 0 Å². The van der Waals surface area contributed by atoms with Crippen LogP contribution < -0.4 is 4.90 Å². The van der Waals surface area contributed by atoms with E-state index in [2.05, 4.69) is 9.88 Å². The van der Waals surface area contributed by atoms with Crippen LogP contribution >= 0.6 is 0 Å². The highest BCUT2D eigenvalue weighted by Gasteiger charge is 2.24. The first-order chi connectivity index (χ1) is 13.4. The van der Waals surface area contributed by atoms with Crippen LogP contribution in [-0.4, -0.2) is 47.7 Å². The molecule has 1 atom stereocenters. The Balaban J connectivity index is 1.44. The third-order valence-electron chi connectivity index (χ3n) is 5.39. The molecule has 1 aliphatic heterocycles. The van der Waals surface area contributed by atoms with Gasteiger partial charge in [0, 0.05) is 61.0 Å². The predicted octanol–water partition coefficient (Wildman–Crippen LogP) is 3.75. The van der Waals surface area contributed by atoms with Gasteiger partial charge in [-0.3, -0.25) is 4.90 Å². The second-order valence-electron chi connectivity index (χ2n) is 7.25. The Kier molecular flexibility index (Phi) is 5.03. The summed E-state index contributed by atoms with van der Waals surface area (Å²) in [7, 11) is 0. The number of aryl methyl sites for hydroxylation is 1. The Morgan fingerprint density at radius 3 is 2.39 bits per heavy atom. The predicted molar refractivity (Wildman–Crippen MR) is 103 cm³/mol. The first-order valence-corrected chi connectivity index (χ1v) is 9.30. The summed E-state index contributed by atoms with van der Waals surface area (Å²) >= 11 is 0. The van der Waals surface area contributed by atoms with E-state index in [0.29, 0.717) is 49.4 Å². The van der Waals surface area contributed by atoms with Gasteiger partial charge in [-0.2, -0.15) is 0 Å². The Bertz CT molecular complexity index is 996. The lowest BCUT2D eigenvalue weighted by atomic mass is 10.0. The first-order valence-electron chi connectivity index (χ1n) is 9.30. The number of H-pyrrole nitrogens is 1. The Morgan fingerprint density at radius 2 is 1.68 bits per heavy atom. The second-order valence-corrected chi connectivity index (χ2v) is 7.25. The van der Waals surface area contributed by atoms with Crippen LogP contribution in [0, 0.1) is 24.4 Å². The molecule has 1 aromatic heterocycles. The van der Waals surface area contributed by atoms with E-state index in [-0.39, 0.29) is 5.82 Å².